The first-order chi connectivity index (χ1) is 5.33. The molecular weight excluding hydrogens is 180 g/mol. The number of thioether (sulfide) groups is 1. The molecule has 0 atom stereocenters. The molecule has 1 aromatic rings. The van der Waals surface area contributed by atoms with Gasteiger partial charge in [-0.25, -0.2) is 4.68 Å². The third kappa shape index (κ3) is 2.85. The second kappa shape index (κ2) is 4.30. The van der Waals surface area contributed by atoms with Crippen LogP contribution in [0.2, 0.25) is 0 Å². The number of nitrogens with zero attached hydrogens (tertiary/aromatic N) is 3. The Morgan fingerprint density at radius 2 is 2.27 bits per heavy atom. The van der Waals surface area contributed by atoms with Crippen LogP contribution in [-0.2, 0) is 0 Å². The first-order valence-corrected chi connectivity index (χ1v) is 4.50. The normalized spacial score (nSPS) is 9.55. The Morgan fingerprint density at radius 3 is 2.82 bits per heavy atom. The van der Waals surface area contributed by atoms with Crippen LogP contribution in [0, 0.1) is 0 Å². The van der Waals surface area contributed by atoms with Crippen molar-refractivity contribution >= 4 is 28.3 Å². The van der Waals surface area contributed by atoms with E-state index in [-0.39, 0.29) is 0 Å². The Balaban J connectivity index is 2.37. The molecule has 11 heavy (non-hydrogen) atoms. The Kier molecular flexibility index (Phi) is 3.31. The topological polar surface area (TPSA) is 42.7 Å². The fourth-order valence-electron chi connectivity index (χ4n) is 0.527. The molecule has 0 radical (unpaired) electrons. The van der Waals surface area contributed by atoms with Crippen LogP contribution in [-0.4, -0.2) is 24.9 Å². The van der Waals surface area contributed by atoms with E-state index in [0.29, 0.717) is 0 Å². The van der Waals surface area contributed by atoms with Crippen LogP contribution in [0.1, 0.15) is 6.92 Å². The van der Waals surface area contributed by atoms with Crippen LogP contribution in [0.3, 0.4) is 0 Å². The molecule has 4 nitrogen and oxygen atoms in total. The van der Waals surface area contributed by atoms with Gasteiger partial charge >= 0.3 is 0 Å². The van der Waals surface area contributed by atoms with Gasteiger partial charge in [0.15, 0.2) is 4.32 Å². The van der Waals surface area contributed by atoms with Gasteiger partial charge in [-0.2, -0.15) is 0 Å². The molecule has 1 N–H and O–H groups in total. The molecule has 0 spiro atoms. The molecule has 0 aliphatic heterocycles. The van der Waals surface area contributed by atoms with Gasteiger partial charge < -0.3 is 0 Å². The summed E-state index contributed by atoms with van der Waals surface area (Å²) in [7, 11) is 0. The first-order valence-electron chi connectivity index (χ1n) is 3.11. The van der Waals surface area contributed by atoms with Crippen LogP contribution < -0.4 is 5.43 Å². The lowest BCUT2D eigenvalue weighted by Gasteiger charge is -2.03. The van der Waals surface area contributed by atoms with Gasteiger partial charge in [0.25, 0.3) is 0 Å². The highest BCUT2D eigenvalue weighted by molar-refractivity contribution is 8.23. The molecule has 0 aromatic carbocycles. The van der Waals surface area contributed by atoms with Crippen molar-refractivity contribution in [3.05, 3.63) is 12.7 Å². The zero-order valence-corrected chi connectivity index (χ0v) is 7.65. The first kappa shape index (κ1) is 8.48. The number of hydrogen-bond donors (Lipinski definition) is 1. The Morgan fingerprint density at radius 1 is 1.64 bits per heavy atom. The largest absolute Gasteiger partial charge is 0.276 e. The van der Waals surface area contributed by atoms with Crippen molar-refractivity contribution < 1.29 is 0 Å². The van der Waals surface area contributed by atoms with E-state index in [0.717, 1.165) is 10.1 Å². The van der Waals surface area contributed by atoms with Crippen LogP contribution in [0.25, 0.3) is 0 Å². The summed E-state index contributed by atoms with van der Waals surface area (Å²) in [4.78, 5) is 0. The highest BCUT2D eigenvalue weighted by Crippen LogP contribution is 2.00. The van der Waals surface area contributed by atoms with Crippen LogP contribution >= 0.6 is 24.0 Å². The summed E-state index contributed by atoms with van der Waals surface area (Å²) in [6.45, 7) is 2.05. The molecule has 1 rings (SSSR count). The minimum Gasteiger partial charge on any atom is -0.276 e. The summed E-state index contributed by atoms with van der Waals surface area (Å²) >= 11 is 6.55. The summed E-state index contributed by atoms with van der Waals surface area (Å²) in [5, 5.41) is 7.23. The Bertz CT molecular complexity index is 220. The van der Waals surface area contributed by atoms with Crippen molar-refractivity contribution in [1.29, 1.82) is 0 Å². The molecule has 0 bridgehead atoms. The molecule has 0 saturated carbocycles. The van der Waals surface area contributed by atoms with Crippen molar-refractivity contribution in [1.82, 2.24) is 14.9 Å². The maximum atomic E-state index is 4.98. The summed E-state index contributed by atoms with van der Waals surface area (Å²) in [5.74, 6) is 0.966. The Hall–Kier alpha value is -0.620. The van der Waals surface area contributed by atoms with E-state index >= 15 is 0 Å². The second-order valence-corrected chi connectivity index (χ2v) is 3.64. The maximum Gasteiger partial charge on any atom is 0.152 e. The van der Waals surface area contributed by atoms with Gasteiger partial charge in [0.05, 0.1) is 0 Å². The quantitative estimate of drug-likeness (QED) is 0.697. The lowest BCUT2D eigenvalue weighted by atomic mass is 11.0. The number of thiocarbonyl (C=S) groups is 1. The lowest BCUT2D eigenvalue weighted by molar-refractivity contribution is 0.981. The van der Waals surface area contributed by atoms with Gasteiger partial charge in [0, 0.05) is 0 Å². The minimum atomic E-state index is 0.729. The van der Waals surface area contributed by atoms with Crippen LogP contribution in [0.4, 0.5) is 0 Å². The predicted octanol–water partition coefficient (Wildman–Crippen LogP) is 0.860. The molecule has 0 fully saturated rings. The molecular formula is C5H8N4S2. The van der Waals surface area contributed by atoms with Crippen molar-refractivity contribution in [3.63, 3.8) is 0 Å². The molecule has 1 aromatic heterocycles. The van der Waals surface area contributed by atoms with Crippen LogP contribution in [0.5, 0.6) is 0 Å². The molecule has 0 amide bonds. The molecule has 0 saturated heterocycles. The number of hydrogen-bond acceptors (Lipinski definition) is 4. The van der Waals surface area contributed by atoms with E-state index in [1.807, 2.05) is 6.92 Å². The van der Waals surface area contributed by atoms with Gasteiger partial charge in [-0.15, -0.1) is 10.2 Å². The summed E-state index contributed by atoms with van der Waals surface area (Å²) in [5.41, 5.74) is 2.91. The second-order valence-electron chi connectivity index (χ2n) is 1.70. The molecule has 0 aliphatic rings. The maximum absolute atomic E-state index is 4.98. The van der Waals surface area contributed by atoms with Crippen molar-refractivity contribution in [3.8, 4) is 0 Å². The fraction of sp³-hybridized carbons (Fsp3) is 0.400. The highest BCUT2D eigenvalue weighted by Gasteiger charge is 1.94. The number of aromatic nitrogens is 3. The SMILES string of the molecule is CCSC(=S)Nn1cnnc1. The van der Waals surface area contributed by atoms with Gasteiger partial charge in [0.2, 0.25) is 0 Å². The molecule has 6 heteroatoms. The number of rotatable bonds is 2. The monoisotopic (exact) mass is 188 g/mol. The zero-order valence-electron chi connectivity index (χ0n) is 6.02. The van der Waals surface area contributed by atoms with E-state index in [2.05, 4.69) is 15.6 Å². The Labute approximate surface area is 74.4 Å². The van der Waals surface area contributed by atoms with Crippen molar-refractivity contribution in [2.75, 3.05) is 11.2 Å². The molecule has 0 unspecified atom stereocenters. The number of nitrogens with one attached hydrogen (secondary N) is 1. The third-order valence-electron chi connectivity index (χ3n) is 0.915. The van der Waals surface area contributed by atoms with Crippen LogP contribution in [0.15, 0.2) is 12.7 Å². The molecule has 0 aliphatic carbocycles. The van der Waals surface area contributed by atoms with Gasteiger partial charge in [-0.1, -0.05) is 30.9 Å². The zero-order chi connectivity index (χ0) is 8.10. The average Bonchev–Trinajstić information content (AvgIpc) is 2.40. The third-order valence-corrected chi connectivity index (χ3v) is 2.00. The van der Waals surface area contributed by atoms with E-state index in [1.54, 1.807) is 29.1 Å². The summed E-state index contributed by atoms with van der Waals surface area (Å²) in [6.07, 6.45) is 3.12. The minimum absolute atomic E-state index is 0.729. The standard InChI is InChI=1S/C5H8N4S2/c1-2-11-5(10)8-9-3-6-7-4-9/h3-4H,2H2,1H3,(H,8,10). The lowest BCUT2D eigenvalue weighted by Crippen LogP contribution is -2.16. The van der Waals surface area contributed by atoms with Gasteiger partial charge in [0.1, 0.15) is 12.7 Å². The fourth-order valence-corrected chi connectivity index (χ4v) is 1.42. The molecule has 60 valence electrons. The molecule has 1 heterocycles. The van der Waals surface area contributed by atoms with Crippen molar-refractivity contribution in [2.24, 2.45) is 0 Å². The smallest absolute Gasteiger partial charge is 0.152 e. The van der Waals surface area contributed by atoms with E-state index in [1.165, 1.54) is 0 Å². The predicted molar refractivity (Wildman–Crippen MR) is 50.1 cm³/mol. The average molecular weight is 188 g/mol. The highest BCUT2D eigenvalue weighted by atomic mass is 32.2. The summed E-state index contributed by atoms with van der Waals surface area (Å²) in [6, 6.07) is 0. The van der Waals surface area contributed by atoms with Gasteiger partial charge in [-0.05, 0) is 5.75 Å². The van der Waals surface area contributed by atoms with Gasteiger partial charge in [-0.3, -0.25) is 5.43 Å². The van der Waals surface area contributed by atoms with E-state index < -0.39 is 0 Å². The summed E-state index contributed by atoms with van der Waals surface area (Å²) < 4.78 is 2.35. The van der Waals surface area contributed by atoms with Crippen molar-refractivity contribution in [2.45, 2.75) is 6.92 Å². The van der Waals surface area contributed by atoms with E-state index in [9.17, 15) is 0 Å². The van der Waals surface area contributed by atoms with E-state index in [4.69, 9.17) is 12.2 Å².